The van der Waals surface area contributed by atoms with Crippen LogP contribution in [0.3, 0.4) is 0 Å². The second-order valence-electron chi connectivity index (χ2n) is 5.27. The molecule has 3 heterocycles. The van der Waals surface area contributed by atoms with E-state index in [9.17, 15) is 4.79 Å². The lowest BCUT2D eigenvalue weighted by molar-refractivity contribution is 0.103. The number of ether oxygens (including phenoxy) is 1. The lowest BCUT2D eigenvalue weighted by Gasteiger charge is -2.11. The maximum absolute atomic E-state index is 12.6. The van der Waals surface area contributed by atoms with Crippen LogP contribution in [0.2, 0.25) is 0 Å². The third kappa shape index (κ3) is 2.65. The molecule has 0 bridgehead atoms. The van der Waals surface area contributed by atoms with Gasteiger partial charge < -0.3 is 10.1 Å². The van der Waals surface area contributed by atoms with Gasteiger partial charge in [-0.15, -0.1) is 22.7 Å². The zero-order chi connectivity index (χ0) is 16.5. The van der Waals surface area contributed by atoms with Crippen molar-refractivity contribution in [3.05, 3.63) is 46.8 Å². The van der Waals surface area contributed by atoms with Gasteiger partial charge >= 0.3 is 0 Å². The van der Waals surface area contributed by atoms with E-state index in [2.05, 4.69) is 10.3 Å². The van der Waals surface area contributed by atoms with Gasteiger partial charge in [-0.05, 0) is 24.6 Å². The topological polar surface area (TPSA) is 55.6 Å². The van der Waals surface area contributed by atoms with Crippen LogP contribution >= 0.6 is 22.7 Å². The second-order valence-corrected chi connectivity index (χ2v) is 7.17. The Morgan fingerprint density at radius 2 is 2.25 bits per heavy atom. The molecule has 24 heavy (non-hydrogen) atoms. The van der Waals surface area contributed by atoms with Crippen molar-refractivity contribution in [1.82, 2.24) is 9.38 Å². The number of carbonyl (C=O) groups is 1. The number of fused-ring (bicyclic) bond motifs is 3. The van der Waals surface area contributed by atoms with Gasteiger partial charge in [-0.3, -0.25) is 9.20 Å². The Kier molecular flexibility index (Phi) is 3.95. The molecule has 5 nitrogen and oxygen atoms in total. The first-order chi connectivity index (χ1) is 11.8. The molecule has 0 saturated carbocycles. The molecule has 0 aliphatic heterocycles. The fourth-order valence-corrected chi connectivity index (χ4v) is 4.15. The Labute approximate surface area is 146 Å². The van der Waals surface area contributed by atoms with Crippen LogP contribution in [0.15, 0.2) is 41.9 Å². The summed E-state index contributed by atoms with van der Waals surface area (Å²) in [4.78, 5) is 19.6. The minimum absolute atomic E-state index is 0.144. The molecule has 0 aliphatic carbocycles. The highest BCUT2D eigenvalue weighted by Crippen LogP contribution is 2.30. The Balaban J connectivity index is 1.61. The van der Waals surface area contributed by atoms with Crippen LogP contribution in [0, 0.1) is 0 Å². The molecule has 4 aromatic rings. The van der Waals surface area contributed by atoms with Crippen LogP contribution in [0.4, 0.5) is 5.69 Å². The number of carbonyl (C=O) groups excluding carboxylic acids is 1. The molecule has 0 spiro atoms. The smallest absolute Gasteiger partial charge is 0.265 e. The maximum Gasteiger partial charge on any atom is 0.265 e. The van der Waals surface area contributed by atoms with E-state index in [1.165, 1.54) is 11.3 Å². The Morgan fingerprint density at radius 1 is 1.38 bits per heavy atom. The summed E-state index contributed by atoms with van der Waals surface area (Å²) in [6.07, 6.45) is 2.89. The Morgan fingerprint density at radius 3 is 3.12 bits per heavy atom. The fourth-order valence-electron chi connectivity index (χ4n) is 2.45. The monoisotopic (exact) mass is 357 g/mol. The first-order valence-electron chi connectivity index (χ1n) is 7.64. The molecule has 7 heteroatoms. The summed E-state index contributed by atoms with van der Waals surface area (Å²) in [7, 11) is 0. The van der Waals surface area contributed by atoms with Crippen LogP contribution in [-0.4, -0.2) is 21.9 Å². The molecule has 1 N–H and O–H groups in total. The number of anilines is 1. The summed E-state index contributed by atoms with van der Waals surface area (Å²) < 4.78 is 7.69. The van der Waals surface area contributed by atoms with Gasteiger partial charge in [-0.2, -0.15) is 0 Å². The van der Waals surface area contributed by atoms with Gasteiger partial charge in [0.2, 0.25) is 0 Å². The first-order valence-corrected chi connectivity index (χ1v) is 9.34. The summed E-state index contributed by atoms with van der Waals surface area (Å²) >= 11 is 2.99. The quantitative estimate of drug-likeness (QED) is 0.565. The van der Waals surface area contributed by atoms with Crippen molar-refractivity contribution in [2.45, 2.75) is 13.3 Å². The molecule has 0 unspecified atom stereocenters. The number of hydrogen-bond donors (Lipinski definition) is 1. The minimum atomic E-state index is -0.144. The van der Waals surface area contributed by atoms with Crippen molar-refractivity contribution in [3.8, 4) is 5.75 Å². The number of benzene rings is 1. The van der Waals surface area contributed by atoms with Crippen LogP contribution in [0.1, 0.15) is 23.0 Å². The number of thiophene rings is 1. The zero-order valence-corrected chi connectivity index (χ0v) is 14.6. The van der Waals surface area contributed by atoms with Crippen LogP contribution in [0.5, 0.6) is 5.75 Å². The van der Waals surface area contributed by atoms with E-state index in [0.29, 0.717) is 22.9 Å². The number of nitrogens with one attached hydrogen (secondary N) is 1. The van der Waals surface area contributed by atoms with E-state index in [1.54, 1.807) is 11.3 Å². The van der Waals surface area contributed by atoms with Crippen molar-refractivity contribution < 1.29 is 9.53 Å². The summed E-state index contributed by atoms with van der Waals surface area (Å²) in [5.41, 5.74) is 1.65. The molecular weight excluding hydrogens is 342 g/mol. The van der Waals surface area contributed by atoms with Gasteiger partial charge in [0.15, 0.2) is 4.96 Å². The number of amides is 1. The molecule has 4 rings (SSSR count). The SMILES string of the molecule is CCCOc1ccccc1NC(=O)c1cc2c(nc3sccn32)s1. The average Bonchev–Trinajstić information content (AvgIpc) is 3.25. The molecule has 0 atom stereocenters. The highest BCUT2D eigenvalue weighted by molar-refractivity contribution is 7.21. The molecule has 1 amide bonds. The van der Waals surface area contributed by atoms with Crippen molar-refractivity contribution >= 4 is 49.6 Å². The summed E-state index contributed by atoms with van der Waals surface area (Å²) in [6.45, 7) is 2.67. The number of thiazole rings is 1. The fraction of sp³-hybridized carbons (Fsp3) is 0.176. The van der Waals surface area contributed by atoms with E-state index in [4.69, 9.17) is 4.74 Å². The normalized spacial score (nSPS) is 11.2. The van der Waals surface area contributed by atoms with Gasteiger partial charge in [0.1, 0.15) is 10.6 Å². The van der Waals surface area contributed by atoms with Crippen LogP contribution in [-0.2, 0) is 0 Å². The number of rotatable bonds is 5. The molecule has 0 saturated heterocycles. The Bertz CT molecular complexity index is 1020. The third-order valence-electron chi connectivity index (χ3n) is 3.56. The lowest BCUT2D eigenvalue weighted by Crippen LogP contribution is -2.11. The summed E-state index contributed by atoms with van der Waals surface area (Å²) in [6, 6.07) is 9.37. The molecule has 0 radical (unpaired) electrons. The van der Waals surface area contributed by atoms with E-state index in [1.807, 2.05) is 53.2 Å². The first kappa shape index (κ1) is 15.2. The second kappa shape index (κ2) is 6.26. The van der Waals surface area contributed by atoms with Crippen LogP contribution < -0.4 is 10.1 Å². The largest absolute Gasteiger partial charge is 0.491 e. The van der Waals surface area contributed by atoms with Crippen molar-refractivity contribution in [2.24, 2.45) is 0 Å². The van der Waals surface area contributed by atoms with E-state index < -0.39 is 0 Å². The highest BCUT2D eigenvalue weighted by Gasteiger charge is 2.16. The molecular formula is C17H15N3O2S2. The number of nitrogens with zero attached hydrogens (tertiary/aromatic N) is 2. The van der Waals surface area contributed by atoms with Gasteiger partial charge in [0.25, 0.3) is 5.91 Å². The standard InChI is InChI=1S/C17H15N3O2S2/c1-2-8-22-13-6-4-3-5-11(13)18-15(21)14-10-12-16(24-14)19-17-20(12)7-9-23-17/h3-7,9-10H,2,8H2,1H3,(H,18,21). The van der Waals surface area contributed by atoms with Crippen molar-refractivity contribution in [1.29, 1.82) is 0 Å². The van der Waals surface area contributed by atoms with E-state index in [-0.39, 0.29) is 5.91 Å². The van der Waals surface area contributed by atoms with Crippen molar-refractivity contribution in [2.75, 3.05) is 11.9 Å². The van der Waals surface area contributed by atoms with Gasteiger partial charge in [0, 0.05) is 11.6 Å². The molecule has 3 aromatic heterocycles. The van der Waals surface area contributed by atoms with Crippen LogP contribution in [0.25, 0.3) is 15.3 Å². The van der Waals surface area contributed by atoms with Gasteiger partial charge in [-0.25, -0.2) is 4.98 Å². The lowest BCUT2D eigenvalue weighted by atomic mass is 10.3. The third-order valence-corrected chi connectivity index (χ3v) is 5.33. The average molecular weight is 357 g/mol. The van der Waals surface area contributed by atoms with E-state index in [0.717, 1.165) is 21.7 Å². The van der Waals surface area contributed by atoms with Gasteiger partial charge in [-0.1, -0.05) is 19.1 Å². The molecule has 0 aliphatic rings. The zero-order valence-electron chi connectivity index (χ0n) is 13.0. The number of para-hydroxylation sites is 2. The van der Waals surface area contributed by atoms with Gasteiger partial charge in [0.05, 0.1) is 22.7 Å². The summed E-state index contributed by atoms with van der Waals surface area (Å²) in [5, 5.41) is 4.93. The number of hydrogen-bond acceptors (Lipinski definition) is 5. The predicted octanol–water partition coefficient (Wildman–Crippen LogP) is 4.65. The Hall–Kier alpha value is -2.38. The number of aromatic nitrogens is 2. The highest BCUT2D eigenvalue weighted by atomic mass is 32.1. The summed E-state index contributed by atoms with van der Waals surface area (Å²) in [5.74, 6) is 0.547. The molecule has 122 valence electrons. The van der Waals surface area contributed by atoms with E-state index >= 15 is 0 Å². The minimum Gasteiger partial charge on any atom is -0.491 e. The predicted molar refractivity (Wildman–Crippen MR) is 98.6 cm³/mol. The van der Waals surface area contributed by atoms with Crippen molar-refractivity contribution in [3.63, 3.8) is 0 Å². The maximum atomic E-state index is 12.6. The molecule has 1 aromatic carbocycles. The number of imidazole rings is 1. The molecule has 0 fully saturated rings.